The summed E-state index contributed by atoms with van der Waals surface area (Å²) in [5.74, 6) is -2.76. The molecule has 2 N–H and O–H groups in total. The van der Waals surface area contributed by atoms with Gasteiger partial charge >= 0.3 is 5.54 Å². The predicted molar refractivity (Wildman–Crippen MR) is 153 cm³/mol. The minimum atomic E-state index is -1.85. The number of nitrogens with one attached hydrogen (secondary N) is 1. The Morgan fingerprint density at radius 3 is 2.53 bits per heavy atom. The summed E-state index contributed by atoms with van der Waals surface area (Å²) in [7, 11) is 0. The average molecular weight is 614 g/mol. The van der Waals surface area contributed by atoms with Crippen LogP contribution in [0.3, 0.4) is 0 Å². The van der Waals surface area contributed by atoms with Gasteiger partial charge in [0.25, 0.3) is 0 Å². The van der Waals surface area contributed by atoms with Crippen LogP contribution in [0.25, 0.3) is 0 Å². The number of carbonyl (C=O) groups excluding carboxylic acids is 1. The summed E-state index contributed by atoms with van der Waals surface area (Å²) in [5, 5.41) is 29.7. The molecule has 226 valence electrons. The van der Waals surface area contributed by atoms with Crippen molar-refractivity contribution < 1.29 is 33.1 Å². The van der Waals surface area contributed by atoms with Crippen LogP contribution in [0.5, 0.6) is 0 Å². The van der Waals surface area contributed by atoms with E-state index in [9.17, 15) is 28.8 Å². The second-order valence-electron chi connectivity index (χ2n) is 10.3. The van der Waals surface area contributed by atoms with E-state index in [0.29, 0.717) is 11.8 Å². The normalized spacial score (nSPS) is 25.5. The van der Waals surface area contributed by atoms with E-state index in [1.165, 1.54) is 59.5 Å². The second-order valence-corrected chi connectivity index (χ2v) is 11.9. The van der Waals surface area contributed by atoms with Crippen molar-refractivity contribution in [2.45, 2.75) is 41.4 Å². The van der Waals surface area contributed by atoms with E-state index < -0.39 is 45.2 Å². The summed E-state index contributed by atoms with van der Waals surface area (Å²) in [5.41, 5.74) is -3.20. The van der Waals surface area contributed by atoms with Gasteiger partial charge in [-0.3, -0.25) is 14.9 Å². The molecule has 3 aromatic rings. The Kier molecular flexibility index (Phi) is 9.01. The van der Waals surface area contributed by atoms with Gasteiger partial charge in [-0.2, -0.15) is 5.10 Å². The number of thioether (sulfide) groups is 1. The van der Waals surface area contributed by atoms with Crippen LogP contribution in [0, 0.1) is 27.7 Å². The van der Waals surface area contributed by atoms with E-state index in [1.807, 2.05) is 6.07 Å². The number of carbonyl (C=O) groups is 1. The van der Waals surface area contributed by atoms with Crippen molar-refractivity contribution >= 4 is 23.4 Å². The molecular weight excluding hydrogens is 584 g/mol. The number of aliphatic hydroxyl groups is 1. The van der Waals surface area contributed by atoms with Crippen LogP contribution in [-0.4, -0.2) is 66.2 Å². The molecule has 5 rings (SSSR count). The van der Waals surface area contributed by atoms with E-state index in [4.69, 9.17) is 9.47 Å². The number of amides is 1. The number of ether oxygens (including phenoxy) is 2. The van der Waals surface area contributed by atoms with Gasteiger partial charge < -0.3 is 19.9 Å². The summed E-state index contributed by atoms with van der Waals surface area (Å²) < 4.78 is 41.5. The van der Waals surface area contributed by atoms with Gasteiger partial charge in [0.2, 0.25) is 12.2 Å². The lowest BCUT2D eigenvalue weighted by Gasteiger charge is -2.39. The Morgan fingerprint density at radius 1 is 1.23 bits per heavy atom. The Labute approximate surface area is 249 Å². The number of aromatic nitrogens is 3. The van der Waals surface area contributed by atoms with Crippen molar-refractivity contribution in [3.05, 3.63) is 113 Å². The number of hydrogen-bond acceptors (Lipinski definition) is 9. The third-order valence-corrected chi connectivity index (χ3v) is 8.84. The van der Waals surface area contributed by atoms with Crippen LogP contribution in [0.4, 0.5) is 14.5 Å². The maximum Gasteiger partial charge on any atom is 0.308 e. The minimum absolute atomic E-state index is 0.0279. The molecule has 43 heavy (non-hydrogen) atoms. The average Bonchev–Trinajstić information content (AvgIpc) is 3.50. The van der Waals surface area contributed by atoms with Crippen LogP contribution >= 0.6 is 11.8 Å². The number of anilines is 1. The molecule has 0 spiro atoms. The van der Waals surface area contributed by atoms with E-state index in [-0.39, 0.29) is 36.5 Å². The van der Waals surface area contributed by atoms with Gasteiger partial charge in [-0.25, -0.2) is 18.4 Å². The number of rotatable bonds is 10. The molecule has 11 nitrogen and oxygen atoms in total. The maximum absolute atomic E-state index is 14.9. The quantitative estimate of drug-likeness (QED) is 0.199. The number of nitro groups is 1. The molecule has 2 aromatic carbocycles. The van der Waals surface area contributed by atoms with Crippen LogP contribution < -0.4 is 5.32 Å². The minimum Gasteiger partial charge on any atom is -0.382 e. The highest BCUT2D eigenvalue weighted by atomic mass is 32.2. The molecule has 0 radical (unpaired) electrons. The van der Waals surface area contributed by atoms with E-state index in [2.05, 4.69) is 15.4 Å². The fourth-order valence-corrected chi connectivity index (χ4v) is 6.31. The van der Waals surface area contributed by atoms with Gasteiger partial charge in [-0.1, -0.05) is 43.3 Å². The highest BCUT2D eigenvalue weighted by Gasteiger charge is 2.52. The van der Waals surface area contributed by atoms with Crippen LogP contribution in [0.2, 0.25) is 0 Å². The van der Waals surface area contributed by atoms with Crippen molar-refractivity contribution in [2.24, 2.45) is 5.92 Å². The molecule has 0 unspecified atom stereocenters. The van der Waals surface area contributed by atoms with Crippen molar-refractivity contribution in [2.75, 3.05) is 18.5 Å². The Hall–Kier alpha value is -3.98. The number of hydrogen-bond donors (Lipinski definition) is 2. The molecule has 1 fully saturated rings. The van der Waals surface area contributed by atoms with Gasteiger partial charge in [0.15, 0.2) is 0 Å². The number of nitrogens with zero attached hydrogens (tertiary/aromatic N) is 4. The first kappa shape index (κ1) is 30.5. The zero-order valence-corrected chi connectivity index (χ0v) is 23.8. The van der Waals surface area contributed by atoms with Gasteiger partial charge in [-0.15, -0.1) is 11.8 Å². The lowest BCUT2D eigenvalue weighted by molar-refractivity contribution is -0.570. The van der Waals surface area contributed by atoms with E-state index in [0.717, 1.165) is 6.07 Å². The summed E-state index contributed by atoms with van der Waals surface area (Å²) in [6, 6.07) is 11.8. The molecule has 1 aromatic heterocycles. The molecule has 14 heteroatoms. The highest BCUT2D eigenvalue weighted by molar-refractivity contribution is 8.00. The summed E-state index contributed by atoms with van der Waals surface area (Å²) in [4.78, 5) is 28.2. The number of para-hydroxylation sites is 1. The molecule has 2 heterocycles. The fraction of sp³-hybridized carbons (Fsp3) is 0.345. The van der Waals surface area contributed by atoms with Crippen LogP contribution in [0.1, 0.15) is 12.5 Å². The zero-order chi connectivity index (χ0) is 30.6. The Balaban J connectivity index is 1.25. The molecule has 2 aliphatic rings. The number of benzene rings is 2. The van der Waals surface area contributed by atoms with Crippen molar-refractivity contribution in [1.82, 2.24) is 14.8 Å². The fourth-order valence-electron chi connectivity index (χ4n) is 4.99. The summed E-state index contributed by atoms with van der Waals surface area (Å²) in [6.45, 7) is 1.57. The first-order valence-electron chi connectivity index (χ1n) is 13.4. The summed E-state index contributed by atoms with van der Waals surface area (Å²) in [6.07, 6.45) is 6.87. The van der Waals surface area contributed by atoms with E-state index >= 15 is 0 Å². The molecule has 1 amide bonds. The Bertz CT molecular complexity index is 1490. The summed E-state index contributed by atoms with van der Waals surface area (Å²) >= 11 is 1.24. The van der Waals surface area contributed by atoms with Gasteiger partial charge in [0.1, 0.15) is 29.9 Å². The first-order chi connectivity index (χ1) is 20.6. The van der Waals surface area contributed by atoms with Gasteiger partial charge in [0, 0.05) is 27.5 Å². The Morgan fingerprint density at radius 2 is 1.93 bits per heavy atom. The molecule has 0 bridgehead atoms. The molecule has 1 saturated heterocycles. The molecule has 1 aliphatic carbocycles. The largest absolute Gasteiger partial charge is 0.382 e. The van der Waals surface area contributed by atoms with E-state index in [1.54, 1.807) is 31.2 Å². The molecule has 0 saturated carbocycles. The predicted octanol–water partition coefficient (Wildman–Crippen LogP) is 3.70. The maximum atomic E-state index is 14.9. The first-order valence-corrected chi connectivity index (χ1v) is 14.3. The van der Waals surface area contributed by atoms with Crippen molar-refractivity contribution in [3.8, 4) is 0 Å². The third-order valence-electron chi connectivity index (χ3n) is 7.38. The highest BCUT2D eigenvalue weighted by Crippen LogP contribution is 2.40. The van der Waals surface area contributed by atoms with Crippen molar-refractivity contribution in [1.29, 1.82) is 0 Å². The van der Waals surface area contributed by atoms with Crippen molar-refractivity contribution in [3.63, 3.8) is 0 Å². The third kappa shape index (κ3) is 6.51. The lowest BCUT2D eigenvalue weighted by atomic mass is 9.88. The topological polar surface area (TPSA) is 142 Å². The van der Waals surface area contributed by atoms with Gasteiger partial charge in [0.05, 0.1) is 30.9 Å². The lowest BCUT2D eigenvalue weighted by Crippen LogP contribution is -2.54. The molecule has 2 atom stereocenters. The smallest absolute Gasteiger partial charge is 0.308 e. The second kappa shape index (κ2) is 12.7. The molecular formula is C29H29F2N5O6S. The monoisotopic (exact) mass is 613 g/mol. The van der Waals surface area contributed by atoms with Crippen LogP contribution in [-0.2, 0) is 26.4 Å². The molecule has 1 aliphatic heterocycles. The number of halogens is 2. The van der Waals surface area contributed by atoms with Crippen LogP contribution in [0.15, 0.2) is 85.5 Å². The zero-order valence-electron chi connectivity index (χ0n) is 23.0. The SMILES string of the molecule is C[C@@H](S[C@H]1CO[C@H](C2([N+](=O)[O-])C=CC(C(=O)Nc3ccccc3)C=C2)OC1)[C@](O)(Cn1cncn1)c1ccc(F)cc1F. The van der Waals surface area contributed by atoms with Gasteiger partial charge in [-0.05, 0) is 30.4 Å². The standard InChI is InChI=1S/C29H29F2N5O6S/c1-19(29(38,16-35-18-32-17-33-35)24-8-7-21(30)13-25(24)31)43-23-14-41-27(42-15-23)28(36(39)40)11-9-20(10-12-28)26(37)34-22-5-3-2-4-6-22/h2-13,17-20,23,27,38H,14-16H2,1H3,(H,34,37)/t19-,20?,23-,27-,28?,29-/m1/s1.